The van der Waals surface area contributed by atoms with Crippen LogP contribution in [0.15, 0.2) is 47.3 Å². The summed E-state index contributed by atoms with van der Waals surface area (Å²) in [6.07, 6.45) is 0. The predicted octanol–water partition coefficient (Wildman–Crippen LogP) is 2.23. The fraction of sp³-hybridized carbons (Fsp3) is 0.300. The van der Waals surface area contributed by atoms with Gasteiger partial charge < -0.3 is 5.32 Å². The number of hydrogen-bond acceptors (Lipinski definition) is 4. The Morgan fingerprint density at radius 1 is 1.04 bits per heavy atom. The minimum absolute atomic E-state index is 0.170. The molecule has 1 N–H and O–H groups in total. The van der Waals surface area contributed by atoms with Crippen LogP contribution in [0.1, 0.15) is 35.2 Å². The molecule has 1 heterocycles. The number of carbonyl (C=O) groups is 1. The Morgan fingerprint density at radius 3 is 2.41 bits per heavy atom. The van der Waals surface area contributed by atoms with Gasteiger partial charge in [0.05, 0.1) is 11.7 Å². The van der Waals surface area contributed by atoms with Gasteiger partial charge in [-0.25, -0.2) is 4.79 Å². The summed E-state index contributed by atoms with van der Waals surface area (Å²) in [6.45, 7) is 7.89. The first-order valence-electron chi connectivity index (χ1n) is 8.82. The molecule has 0 bridgehead atoms. The number of benzene rings is 2. The number of para-hydroxylation sites is 1. The minimum atomic E-state index is -0.452. The Balaban J connectivity index is 1.73. The largest absolute Gasteiger partial charge is 0.368 e. The second kappa shape index (κ2) is 7.57. The van der Waals surface area contributed by atoms with Crippen LogP contribution in [-0.4, -0.2) is 25.7 Å². The van der Waals surface area contributed by atoms with Crippen molar-refractivity contribution in [1.29, 1.82) is 0 Å². The summed E-state index contributed by atoms with van der Waals surface area (Å²) in [6, 6.07) is 13.0. The predicted molar refractivity (Wildman–Crippen MR) is 103 cm³/mol. The van der Waals surface area contributed by atoms with Gasteiger partial charge in [-0.3, -0.25) is 4.79 Å². The Kier molecular flexibility index (Phi) is 5.21. The number of carbonyl (C=O) groups excluding carboxylic acids is 1. The van der Waals surface area contributed by atoms with Crippen LogP contribution in [0.5, 0.6) is 0 Å². The van der Waals surface area contributed by atoms with Crippen molar-refractivity contribution < 1.29 is 4.79 Å². The van der Waals surface area contributed by atoms with E-state index in [1.165, 1.54) is 15.8 Å². The second-order valence-corrected chi connectivity index (χ2v) is 6.75. The molecule has 1 amide bonds. The van der Waals surface area contributed by atoms with Crippen molar-refractivity contribution in [3.63, 3.8) is 0 Å². The van der Waals surface area contributed by atoms with Gasteiger partial charge in [-0.05, 0) is 72.5 Å². The number of aromatic nitrogens is 4. The van der Waals surface area contributed by atoms with Gasteiger partial charge in [0.2, 0.25) is 5.91 Å². The van der Waals surface area contributed by atoms with E-state index in [2.05, 4.69) is 34.8 Å². The molecule has 1 aromatic heterocycles. The van der Waals surface area contributed by atoms with Crippen LogP contribution in [0.2, 0.25) is 0 Å². The SMILES string of the molecule is Cc1cc(C)c(C(C)NC(=O)Cn2nnn(-c3ccccc3)c2=O)cc1C. The summed E-state index contributed by atoms with van der Waals surface area (Å²) in [7, 11) is 0. The van der Waals surface area contributed by atoms with Gasteiger partial charge in [-0.2, -0.15) is 9.36 Å². The molecule has 0 fully saturated rings. The highest BCUT2D eigenvalue weighted by atomic mass is 16.2. The minimum Gasteiger partial charge on any atom is -0.348 e. The van der Waals surface area contributed by atoms with Gasteiger partial charge in [-0.15, -0.1) is 0 Å². The molecule has 0 saturated carbocycles. The van der Waals surface area contributed by atoms with E-state index >= 15 is 0 Å². The first-order chi connectivity index (χ1) is 12.9. The maximum absolute atomic E-state index is 12.4. The van der Waals surface area contributed by atoms with Gasteiger partial charge in [0.15, 0.2) is 0 Å². The molecule has 0 aliphatic carbocycles. The summed E-state index contributed by atoms with van der Waals surface area (Å²) in [4.78, 5) is 24.8. The maximum Gasteiger partial charge on any atom is 0.368 e. The first-order valence-corrected chi connectivity index (χ1v) is 8.82. The highest BCUT2D eigenvalue weighted by Crippen LogP contribution is 2.21. The Hall–Kier alpha value is -3.22. The van der Waals surface area contributed by atoms with E-state index in [-0.39, 0.29) is 18.5 Å². The Labute approximate surface area is 157 Å². The molecule has 2 aromatic carbocycles. The third-order valence-electron chi connectivity index (χ3n) is 4.66. The monoisotopic (exact) mass is 365 g/mol. The van der Waals surface area contributed by atoms with E-state index in [9.17, 15) is 9.59 Å². The van der Waals surface area contributed by atoms with Crippen LogP contribution in [0.4, 0.5) is 0 Å². The topological polar surface area (TPSA) is 81.8 Å². The van der Waals surface area contributed by atoms with Gasteiger partial charge in [-0.1, -0.05) is 30.3 Å². The lowest BCUT2D eigenvalue weighted by atomic mass is 9.96. The van der Waals surface area contributed by atoms with Crippen molar-refractivity contribution in [2.45, 2.75) is 40.3 Å². The van der Waals surface area contributed by atoms with Crippen LogP contribution < -0.4 is 11.0 Å². The lowest BCUT2D eigenvalue weighted by molar-refractivity contribution is -0.122. The normalized spacial score (nSPS) is 12.0. The van der Waals surface area contributed by atoms with Crippen molar-refractivity contribution in [1.82, 2.24) is 25.1 Å². The smallest absolute Gasteiger partial charge is 0.348 e. The zero-order chi connectivity index (χ0) is 19.6. The van der Waals surface area contributed by atoms with Gasteiger partial charge in [0.25, 0.3) is 0 Å². The van der Waals surface area contributed by atoms with Gasteiger partial charge in [0.1, 0.15) is 6.54 Å². The quantitative estimate of drug-likeness (QED) is 0.752. The van der Waals surface area contributed by atoms with E-state index in [0.29, 0.717) is 5.69 Å². The molecule has 0 aliphatic heterocycles. The molecule has 0 radical (unpaired) electrons. The number of nitrogens with zero attached hydrogens (tertiary/aromatic N) is 4. The van der Waals surface area contributed by atoms with Crippen molar-refractivity contribution in [2.75, 3.05) is 0 Å². The molecule has 27 heavy (non-hydrogen) atoms. The van der Waals surface area contributed by atoms with E-state index in [1.807, 2.05) is 26.8 Å². The van der Waals surface area contributed by atoms with Crippen LogP contribution >= 0.6 is 0 Å². The van der Waals surface area contributed by atoms with Crippen LogP contribution in [0, 0.1) is 20.8 Å². The highest BCUT2D eigenvalue weighted by Gasteiger charge is 2.16. The lowest BCUT2D eigenvalue weighted by Crippen LogP contribution is -2.35. The first kappa shape index (κ1) is 18.6. The van der Waals surface area contributed by atoms with Crippen molar-refractivity contribution in [3.8, 4) is 5.69 Å². The van der Waals surface area contributed by atoms with Crippen LogP contribution in [0.25, 0.3) is 5.69 Å². The summed E-state index contributed by atoms with van der Waals surface area (Å²) in [5.41, 5.74) is 4.74. The third kappa shape index (κ3) is 3.97. The molecule has 0 spiro atoms. The molecule has 1 unspecified atom stereocenters. The Morgan fingerprint density at radius 2 is 1.70 bits per heavy atom. The number of nitrogens with one attached hydrogen (secondary N) is 1. The fourth-order valence-corrected chi connectivity index (χ4v) is 3.05. The van der Waals surface area contributed by atoms with Crippen LogP contribution in [-0.2, 0) is 11.3 Å². The molecule has 3 rings (SSSR count). The summed E-state index contributed by atoms with van der Waals surface area (Å²) >= 11 is 0. The standard InChI is InChI=1S/C20H23N5O2/c1-13-10-15(3)18(11-14(13)2)16(4)21-19(26)12-24-20(27)25(23-22-24)17-8-6-5-7-9-17/h5-11,16H,12H2,1-4H3,(H,21,26). The molecule has 7 heteroatoms. The maximum atomic E-state index is 12.4. The molecule has 140 valence electrons. The second-order valence-electron chi connectivity index (χ2n) is 6.75. The number of rotatable bonds is 5. The molecular weight excluding hydrogens is 342 g/mol. The zero-order valence-corrected chi connectivity index (χ0v) is 15.9. The highest BCUT2D eigenvalue weighted by molar-refractivity contribution is 5.76. The van der Waals surface area contributed by atoms with Crippen molar-refractivity contribution >= 4 is 5.91 Å². The zero-order valence-electron chi connectivity index (χ0n) is 15.9. The van der Waals surface area contributed by atoms with Gasteiger partial charge in [0, 0.05) is 0 Å². The third-order valence-corrected chi connectivity index (χ3v) is 4.66. The summed E-state index contributed by atoms with van der Waals surface area (Å²) in [5.74, 6) is -0.290. The van der Waals surface area contributed by atoms with Crippen LogP contribution in [0.3, 0.4) is 0 Å². The van der Waals surface area contributed by atoms with E-state index < -0.39 is 5.69 Å². The summed E-state index contributed by atoms with van der Waals surface area (Å²) < 4.78 is 2.23. The van der Waals surface area contributed by atoms with E-state index in [0.717, 1.165) is 15.8 Å². The summed E-state index contributed by atoms with van der Waals surface area (Å²) in [5, 5.41) is 10.6. The number of amides is 1. The average molecular weight is 365 g/mol. The van der Waals surface area contributed by atoms with Crippen molar-refractivity contribution in [2.24, 2.45) is 0 Å². The van der Waals surface area contributed by atoms with Crippen molar-refractivity contribution in [3.05, 3.63) is 75.2 Å². The average Bonchev–Trinajstić information content (AvgIpc) is 2.99. The van der Waals surface area contributed by atoms with E-state index in [1.54, 1.807) is 24.3 Å². The van der Waals surface area contributed by atoms with Gasteiger partial charge >= 0.3 is 5.69 Å². The molecular formula is C20H23N5O2. The van der Waals surface area contributed by atoms with E-state index in [4.69, 9.17) is 0 Å². The molecule has 1 atom stereocenters. The Bertz CT molecular complexity index is 1020. The number of aryl methyl sites for hydroxylation is 3. The fourth-order valence-electron chi connectivity index (χ4n) is 3.05. The molecule has 3 aromatic rings. The molecule has 7 nitrogen and oxygen atoms in total. The lowest BCUT2D eigenvalue weighted by Gasteiger charge is -2.18. The number of hydrogen-bond donors (Lipinski definition) is 1. The molecule has 0 aliphatic rings. The number of tetrazole rings is 1. The molecule has 0 saturated heterocycles.